The van der Waals surface area contributed by atoms with E-state index in [1.54, 1.807) is 16.9 Å². The number of benzene rings is 2. The van der Waals surface area contributed by atoms with Gasteiger partial charge in [0.1, 0.15) is 6.33 Å². The first kappa shape index (κ1) is 18.2. The van der Waals surface area contributed by atoms with Gasteiger partial charge in [-0.25, -0.2) is 14.6 Å². The van der Waals surface area contributed by atoms with Crippen molar-refractivity contribution < 1.29 is 14.6 Å². The lowest BCUT2D eigenvalue weighted by Crippen LogP contribution is -1.99. The molecule has 0 atom stereocenters. The molecule has 2 aromatic carbocycles. The number of hydrazone groups is 1. The van der Waals surface area contributed by atoms with Crippen molar-refractivity contribution in [2.75, 3.05) is 19.6 Å². The molecule has 9 heteroatoms. The number of anilines is 1. The largest absolute Gasteiger partial charge is 0.504 e. The molecule has 0 aliphatic heterocycles. The number of phenols is 1. The van der Waals surface area contributed by atoms with Gasteiger partial charge < -0.3 is 14.6 Å². The standard InChI is InChI=1S/C20H18N6O3/c1-28-17-9-13(8-16(27)18(17)29-2)10-23-25-19-15-11-24-26(20(15)22-12-21-19)14-6-4-3-5-7-14/h3-12,27H,1-2H3,(H,21,22,25). The van der Waals surface area contributed by atoms with Crippen LogP contribution in [0.5, 0.6) is 17.2 Å². The molecular weight excluding hydrogens is 372 g/mol. The fraction of sp³-hybridized carbons (Fsp3) is 0.100. The van der Waals surface area contributed by atoms with E-state index >= 15 is 0 Å². The Morgan fingerprint density at radius 3 is 2.69 bits per heavy atom. The molecule has 0 aliphatic rings. The molecule has 2 heterocycles. The lowest BCUT2D eigenvalue weighted by atomic mass is 10.2. The molecule has 2 N–H and O–H groups in total. The van der Waals surface area contributed by atoms with Crippen molar-refractivity contribution in [3.63, 3.8) is 0 Å². The molecule has 0 saturated heterocycles. The van der Waals surface area contributed by atoms with E-state index in [9.17, 15) is 5.11 Å². The Morgan fingerprint density at radius 1 is 1.10 bits per heavy atom. The molecule has 0 aliphatic carbocycles. The van der Waals surface area contributed by atoms with E-state index in [1.165, 1.54) is 32.8 Å². The highest BCUT2D eigenvalue weighted by molar-refractivity contribution is 5.88. The normalized spacial score (nSPS) is 11.1. The smallest absolute Gasteiger partial charge is 0.203 e. The number of ether oxygens (including phenoxy) is 2. The zero-order valence-electron chi connectivity index (χ0n) is 15.8. The van der Waals surface area contributed by atoms with Crippen molar-refractivity contribution >= 4 is 23.1 Å². The Balaban J connectivity index is 1.61. The molecule has 0 saturated carbocycles. The highest BCUT2D eigenvalue weighted by Gasteiger charge is 2.12. The maximum absolute atomic E-state index is 10.1. The van der Waals surface area contributed by atoms with Crippen LogP contribution in [0.25, 0.3) is 16.7 Å². The van der Waals surface area contributed by atoms with E-state index in [0.29, 0.717) is 22.8 Å². The SMILES string of the molecule is COc1cc(C=NNc2ncnc3c2cnn3-c2ccccc2)cc(O)c1OC. The van der Waals surface area contributed by atoms with E-state index in [1.807, 2.05) is 30.3 Å². The van der Waals surface area contributed by atoms with Crippen LogP contribution in [-0.4, -0.2) is 45.3 Å². The van der Waals surface area contributed by atoms with E-state index in [4.69, 9.17) is 9.47 Å². The van der Waals surface area contributed by atoms with Gasteiger partial charge in [0.2, 0.25) is 5.75 Å². The molecule has 4 rings (SSSR count). The van der Waals surface area contributed by atoms with E-state index < -0.39 is 0 Å². The van der Waals surface area contributed by atoms with Gasteiger partial charge in [-0.05, 0) is 24.3 Å². The number of phenolic OH excluding ortho intramolecular Hbond substituents is 1. The van der Waals surface area contributed by atoms with E-state index in [2.05, 4.69) is 25.6 Å². The first-order valence-electron chi connectivity index (χ1n) is 8.69. The van der Waals surface area contributed by atoms with Gasteiger partial charge in [0.25, 0.3) is 0 Å². The van der Waals surface area contributed by atoms with Gasteiger partial charge >= 0.3 is 0 Å². The molecular formula is C20H18N6O3. The summed E-state index contributed by atoms with van der Waals surface area (Å²) in [6.07, 6.45) is 4.67. The highest BCUT2D eigenvalue weighted by atomic mass is 16.5. The third-order valence-electron chi connectivity index (χ3n) is 4.23. The Hall–Kier alpha value is -4.14. The lowest BCUT2D eigenvalue weighted by molar-refractivity contribution is 0.333. The summed E-state index contributed by atoms with van der Waals surface area (Å²) in [7, 11) is 2.96. The average molecular weight is 390 g/mol. The molecule has 0 unspecified atom stereocenters. The third kappa shape index (κ3) is 3.53. The molecule has 0 fully saturated rings. The van der Waals surface area contributed by atoms with Crippen LogP contribution in [0.1, 0.15) is 5.56 Å². The van der Waals surface area contributed by atoms with Gasteiger partial charge in [-0.3, -0.25) is 5.43 Å². The second kappa shape index (κ2) is 7.85. The predicted molar refractivity (Wildman–Crippen MR) is 109 cm³/mol. The van der Waals surface area contributed by atoms with Gasteiger partial charge in [-0.2, -0.15) is 10.2 Å². The molecule has 4 aromatic rings. The molecule has 0 radical (unpaired) electrons. The summed E-state index contributed by atoms with van der Waals surface area (Å²) in [5, 5.41) is 19.4. The Morgan fingerprint density at radius 2 is 1.93 bits per heavy atom. The van der Waals surface area contributed by atoms with Gasteiger partial charge in [0.15, 0.2) is 23.0 Å². The number of rotatable bonds is 6. The van der Waals surface area contributed by atoms with Crippen LogP contribution in [0.3, 0.4) is 0 Å². The van der Waals surface area contributed by atoms with Crippen LogP contribution >= 0.6 is 0 Å². The number of aromatic nitrogens is 4. The van der Waals surface area contributed by atoms with Crippen molar-refractivity contribution in [2.24, 2.45) is 5.10 Å². The van der Waals surface area contributed by atoms with Crippen molar-refractivity contribution in [3.8, 4) is 22.9 Å². The van der Waals surface area contributed by atoms with Crippen LogP contribution in [0, 0.1) is 0 Å². The number of hydrogen-bond acceptors (Lipinski definition) is 8. The van der Waals surface area contributed by atoms with Crippen molar-refractivity contribution in [1.82, 2.24) is 19.7 Å². The fourth-order valence-corrected chi connectivity index (χ4v) is 2.90. The Kier molecular flexibility index (Phi) is 4.93. The van der Waals surface area contributed by atoms with Crippen molar-refractivity contribution in [3.05, 3.63) is 60.6 Å². The van der Waals surface area contributed by atoms with Crippen LogP contribution in [0.4, 0.5) is 5.82 Å². The van der Waals surface area contributed by atoms with E-state index in [-0.39, 0.29) is 11.5 Å². The maximum atomic E-state index is 10.1. The highest BCUT2D eigenvalue weighted by Crippen LogP contribution is 2.36. The average Bonchev–Trinajstić information content (AvgIpc) is 3.19. The van der Waals surface area contributed by atoms with Crippen LogP contribution < -0.4 is 14.9 Å². The van der Waals surface area contributed by atoms with Gasteiger partial charge in [-0.15, -0.1) is 0 Å². The monoisotopic (exact) mass is 390 g/mol. The number of aromatic hydroxyl groups is 1. The summed E-state index contributed by atoms with van der Waals surface area (Å²) < 4.78 is 12.1. The van der Waals surface area contributed by atoms with Gasteiger partial charge in [0, 0.05) is 5.56 Å². The number of nitrogens with one attached hydrogen (secondary N) is 1. The number of para-hydroxylation sites is 1. The minimum absolute atomic E-state index is 0.0399. The van der Waals surface area contributed by atoms with Gasteiger partial charge in [0.05, 0.1) is 37.7 Å². The topological polar surface area (TPSA) is 107 Å². The molecule has 29 heavy (non-hydrogen) atoms. The summed E-state index contributed by atoms with van der Waals surface area (Å²) in [6, 6.07) is 12.9. The number of hydrogen-bond donors (Lipinski definition) is 2. The summed E-state index contributed by atoms with van der Waals surface area (Å²) in [5.74, 6) is 1.14. The number of nitrogens with zero attached hydrogens (tertiary/aromatic N) is 5. The first-order chi connectivity index (χ1) is 14.2. The molecule has 146 valence electrons. The van der Waals surface area contributed by atoms with Crippen molar-refractivity contribution in [2.45, 2.75) is 0 Å². The second-order valence-corrected chi connectivity index (χ2v) is 6.00. The van der Waals surface area contributed by atoms with Crippen LogP contribution in [-0.2, 0) is 0 Å². The van der Waals surface area contributed by atoms with E-state index in [0.717, 1.165) is 11.1 Å². The zero-order chi connectivity index (χ0) is 20.2. The number of fused-ring (bicyclic) bond motifs is 1. The van der Waals surface area contributed by atoms with Crippen LogP contribution in [0.2, 0.25) is 0 Å². The molecule has 0 bridgehead atoms. The molecule has 2 aromatic heterocycles. The quantitative estimate of drug-likeness (QED) is 0.385. The maximum Gasteiger partial charge on any atom is 0.203 e. The fourth-order valence-electron chi connectivity index (χ4n) is 2.90. The summed E-state index contributed by atoms with van der Waals surface area (Å²) in [5.41, 5.74) is 5.08. The minimum Gasteiger partial charge on any atom is -0.504 e. The van der Waals surface area contributed by atoms with Gasteiger partial charge in [-0.1, -0.05) is 18.2 Å². The number of methoxy groups -OCH3 is 2. The molecule has 0 spiro atoms. The second-order valence-electron chi connectivity index (χ2n) is 6.00. The Labute approximate surface area is 166 Å². The Bertz CT molecular complexity index is 1170. The minimum atomic E-state index is -0.0399. The molecule has 9 nitrogen and oxygen atoms in total. The summed E-state index contributed by atoms with van der Waals surface area (Å²) in [4.78, 5) is 8.57. The van der Waals surface area contributed by atoms with Crippen molar-refractivity contribution in [1.29, 1.82) is 0 Å². The van der Waals surface area contributed by atoms with Crippen LogP contribution in [0.15, 0.2) is 60.1 Å². The molecule has 0 amide bonds. The predicted octanol–water partition coefficient (Wildman–Crippen LogP) is 2.98. The summed E-state index contributed by atoms with van der Waals surface area (Å²) in [6.45, 7) is 0. The zero-order valence-corrected chi connectivity index (χ0v) is 15.8. The lowest BCUT2D eigenvalue weighted by Gasteiger charge is -2.09. The first-order valence-corrected chi connectivity index (χ1v) is 8.69. The third-order valence-corrected chi connectivity index (χ3v) is 4.23. The summed E-state index contributed by atoms with van der Waals surface area (Å²) >= 11 is 0.